The molecule has 3 saturated carbocycles. The number of hydrogen-bond acceptors (Lipinski definition) is 6. The van der Waals surface area contributed by atoms with Crippen molar-refractivity contribution < 1.29 is 0 Å². The van der Waals surface area contributed by atoms with E-state index < -0.39 is 11.2 Å². The molecular weight excluding hydrogens is 480 g/mol. The molecule has 0 radical (unpaired) electrons. The standard InChI is InChI=1S/C29H36N6O3/c36-26-16-30-35(29(38)32-26)27-28(37)34(24-11-4-3-10-23(24)31-27)25-15-21-9-5-8-20(25)17-33(21)22-13-18-6-1-2-7-19(12-18)14-22/h3-4,10-11,16,18-22,25H,1-2,5-9,12-15,17H2,(H,32,36,38)/t18-,19+,20?,21-,22?,25+/m1/s1. The molecule has 3 aliphatic carbocycles. The number of benzene rings is 1. The van der Waals surface area contributed by atoms with E-state index >= 15 is 0 Å². The van der Waals surface area contributed by atoms with E-state index in [4.69, 9.17) is 0 Å². The Labute approximate surface area is 220 Å². The Kier molecular flexibility index (Phi) is 6.06. The second kappa shape index (κ2) is 9.59. The Morgan fingerprint density at radius 2 is 1.63 bits per heavy atom. The summed E-state index contributed by atoms with van der Waals surface area (Å²) in [7, 11) is 0. The van der Waals surface area contributed by atoms with E-state index in [0.29, 0.717) is 23.5 Å². The Balaban J connectivity index is 1.28. The molecule has 5 fully saturated rings. The number of nitrogens with one attached hydrogen (secondary N) is 1. The predicted octanol–water partition coefficient (Wildman–Crippen LogP) is 3.41. The van der Waals surface area contributed by atoms with Crippen molar-refractivity contribution in [3.63, 3.8) is 0 Å². The van der Waals surface area contributed by atoms with Crippen LogP contribution >= 0.6 is 0 Å². The maximum atomic E-state index is 14.1. The van der Waals surface area contributed by atoms with Crippen molar-refractivity contribution in [2.24, 2.45) is 17.8 Å². The molecule has 9 heteroatoms. The average Bonchev–Trinajstić information content (AvgIpc) is 3.32. The van der Waals surface area contributed by atoms with Crippen LogP contribution in [0.5, 0.6) is 0 Å². The van der Waals surface area contributed by atoms with Crippen LogP contribution in [0.15, 0.2) is 44.8 Å². The molecule has 0 amide bonds. The zero-order chi connectivity index (χ0) is 25.8. The highest BCUT2D eigenvalue weighted by Crippen LogP contribution is 2.46. The van der Waals surface area contributed by atoms with Crippen LogP contribution in [0.25, 0.3) is 16.9 Å². The quantitative estimate of drug-likeness (QED) is 0.572. The number of H-pyrrole nitrogens is 1. The third-order valence-electron chi connectivity index (χ3n) is 9.93. The summed E-state index contributed by atoms with van der Waals surface area (Å²) in [6.45, 7) is 1.04. The molecule has 200 valence electrons. The van der Waals surface area contributed by atoms with Gasteiger partial charge in [0.2, 0.25) is 5.82 Å². The highest BCUT2D eigenvalue weighted by molar-refractivity contribution is 5.75. The summed E-state index contributed by atoms with van der Waals surface area (Å²) in [4.78, 5) is 47.8. The molecule has 3 aromatic rings. The fraction of sp³-hybridized carbons (Fsp3) is 0.621. The van der Waals surface area contributed by atoms with Gasteiger partial charge in [0.25, 0.3) is 11.1 Å². The number of rotatable bonds is 3. The number of fused-ring (bicyclic) bond motifs is 7. The third kappa shape index (κ3) is 4.15. The lowest BCUT2D eigenvalue weighted by Gasteiger charge is -2.49. The van der Waals surface area contributed by atoms with Gasteiger partial charge in [-0.15, -0.1) is 0 Å². The Morgan fingerprint density at radius 1 is 0.842 bits per heavy atom. The Hall–Kier alpha value is -3.07. The molecule has 4 heterocycles. The van der Waals surface area contributed by atoms with E-state index in [-0.39, 0.29) is 17.4 Å². The second-order valence-electron chi connectivity index (χ2n) is 12.2. The van der Waals surface area contributed by atoms with Crippen molar-refractivity contribution in [2.75, 3.05) is 6.54 Å². The van der Waals surface area contributed by atoms with Crippen LogP contribution in [0.2, 0.25) is 0 Å². The summed E-state index contributed by atoms with van der Waals surface area (Å²) in [5, 5.41) is 3.95. The van der Waals surface area contributed by atoms with Gasteiger partial charge in [0.15, 0.2) is 0 Å². The van der Waals surface area contributed by atoms with Crippen LogP contribution in [0, 0.1) is 17.8 Å². The van der Waals surface area contributed by atoms with Crippen molar-refractivity contribution >= 4 is 11.0 Å². The Bertz CT molecular complexity index is 1510. The smallest absolute Gasteiger partial charge is 0.300 e. The Morgan fingerprint density at radius 3 is 2.42 bits per heavy atom. The number of aromatic nitrogens is 5. The predicted molar refractivity (Wildman–Crippen MR) is 145 cm³/mol. The van der Waals surface area contributed by atoms with Crippen LogP contribution < -0.4 is 16.8 Å². The molecule has 2 aromatic heterocycles. The zero-order valence-corrected chi connectivity index (χ0v) is 21.8. The minimum absolute atomic E-state index is 0.0437. The number of hydrogen-bond donors (Lipinski definition) is 1. The molecule has 2 unspecified atom stereocenters. The van der Waals surface area contributed by atoms with Gasteiger partial charge in [0.1, 0.15) is 6.20 Å². The molecule has 9 nitrogen and oxygen atoms in total. The fourth-order valence-electron chi connectivity index (χ4n) is 8.35. The van der Waals surface area contributed by atoms with E-state index in [1.54, 1.807) is 0 Å². The summed E-state index contributed by atoms with van der Waals surface area (Å²) >= 11 is 0. The number of nitrogens with zero attached hydrogens (tertiary/aromatic N) is 5. The number of aromatic amines is 1. The highest BCUT2D eigenvalue weighted by atomic mass is 16.2. The van der Waals surface area contributed by atoms with Gasteiger partial charge in [0, 0.05) is 24.7 Å². The lowest BCUT2D eigenvalue weighted by Crippen LogP contribution is -2.53. The van der Waals surface area contributed by atoms with Crippen molar-refractivity contribution in [2.45, 2.75) is 88.8 Å². The van der Waals surface area contributed by atoms with E-state index in [2.05, 4.69) is 20.0 Å². The van der Waals surface area contributed by atoms with Gasteiger partial charge in [-0.25, -0.2) is 9.78 Å². The first kappa shape index (κ1) is 24.0. The van der Waals surface area contributed by atoms with Gasteiger partial charge in [-0.05, 0) is 68.4 Å². The fourth-order valence-corrected chi connectivity index (χ4v) is 8.35. The van der Waals surface area contributed by atoms with Crippen LogP contribution in [0.1, 0.15) is 76.7 Å². The molecule has 4 bridgehead atoms. The molecule has 2 saturated heterocycles. The number of piperidine rings is 1. The molecule has 1 N–H and O–H groups in total. The van der Waals surface area contributed by atoms with Crippen molar-refractivity contribution in [3.05, 3.63) is 61.7 Å². The molecular formula is C29H36N6O3. The third-order valence-corrected chi connectivity index (χ3v) is 9.93. The summed E-state index contributed by atoms with van der Waals surface area (Å²) in [5.41, 5.74) is -0.229. The lowest BCUT2D eigenvalue weighted by molar-refractivity contribution is 0.00995. The summed E-state index contributed by atoms with van der Waals surface area (Å²) < 4.78 is 2.83. The van der Waals surface area contributed by atoms with Gasteiger partial charge in [-0.3, -0.25) is 19.5 Å². The first-order chi connectivity index (χ1) is 18.5. The van der Waals surface area contributed by atoms with Crippen LogP contribution in [0.3, 0.4) is 0 Å². The maximum absolute atomic E-state index is 14.1. The van der Waals surface area contributed by atoms with Crippen LogP contribution in [-0.4, -0.2) is 47.8 Å². The molecule has 5 aliphatic rings. The normalized spacial score (nSPS) is 31.7. The average molecular weight is 517 g/mol. The molecule has 1 aromatic carbocycles. The molecule has 38 heavy (non-hydrogen) atoms. The van der Waals surface area contributed by atoms with Crippen LogP contribution in [-0.2, 0) is 0 Å². The zero-order valence-electron chi connectivity index (χ0n) is 21.8. The first-order valence-electron chi connectivity index (χ1n) is 14.5. The van der Waals surface area contributed by atoms with Crippen molar-refractivity contribution in [3.8, 4) is 5.82 Å². The molecule has 8 rings (SSSR count). The SMILES string of the molecule is O=c1cnn(-c2nc3ccccc3n([C@H]3C[C@H]4CCCC3CN4C3C[C@H]4CCCC[C@@H](C3)C4)c2=O)c(=O)[nH]1. The highest BCUT2D eigenvalue weighted by Gasteiger charge is 2.44. The lowest BCUT2D eigenvalue weighted by atomic mass is 9.75. The summed E-state index contributed by atoms with van der Waals surface area (Å²) in [6, 6.07) is 8.85. The van der Waals surface area contributed by atoms with Crippen molar-refractivity contribution in [1.29, 1.82) is 0 Å². The van der Waals surface area contributed by atoms with Gasteiger partial charge in [-0.2, -0.15) is 9.78 Å². The van der Waals surface area contributed by atoms with E-state index in [1.165, 1.54) is 57.8 Å². The van der Waals surface area contributed by atoms with E-state index in [1.807, 2.05) is 28.8 Å². The minimum Gasteiger partial charge on any atom is -0.300 e. The van der Waals surface area contributed by atoms with Gasteiger partial charge in [0.05, 0.1) is 11.0 Å². The first-order valence-corrected chi connectivity index (χ1v) is 14.5. The molecule has 0 spiro atoms. The van der Waals surface area contributed by atoms with Gasteiger partial charge in [-0.1, -0.05) is 44.2 Å². The summed E-state index contributed by atoms with van der Waals surface area (Å²) in [6.07, 6.45) is 15.1. The van der Waals surface area contributed by atoms with Crippen molar-refractivity contribution in [1.82, 2.24) is 29.2 Å². The summed E-state index contributed by atoms with van der Waals surface area (Å²) in [5.74, 6) is 2.08. The van der Waals surface area contributed by atoms with Gasteiger partial charge >= 0.3 is 5.69 Å². The van der Waals surface area contributed by atoms with Crippen LogP contribution in [0.4, 0.5) is 0 Å². The van der Waals surface area contributed by atoms with E-state index in [9.17, 15) is 14.4 Å². The molecule has 6 atom stereocenters. The van der Waals surface area contributed by atoms with Gasteiger partial charge < -0.3 is 4.57 Å². The topological polar surface area (TPSA) is 106 Å². The monoisotopic (exact) mass is 516 g/mol. The maximum Gasteiger partial charge on any atom is 0.351 e. The number of para-hydroxylation sites is 2. The molecule has 2 aliphatic heterocycles. The second-order valence-corrected chi connectivity index (χ2v) is 12.2. The largest absolute Gasteiger partial charge is 0.351 e. The minimum atomic E-state index is -0.753. The van der Waals surface area contributed by atoms with E-state index in [0.717, 1.165) is 47.6 Å².